The molecule has 0 saturated carbocycles. The summed E-state index contributed by atoms with van der Waals surface area (Å²) in [7, 11) is 0. The highest BCUT2D eigenvalue weighted by Crippen LogP contribution is 2.21. The van der Waals surface area contributed by atoms with Gasteiger partial charge in [-0.25, -0.2) is 4.98 Å². The smallest absolute Gasteiger partial charge is 0.220 e. The van der Waals surface area contributed by atoms with E-state index in [-0.39, 0.29) is 5.91 Å². The van der Waals surface area contributed by atoms with Crippen LogP contribution in [0.3, 0.4) is 0 Å². The highest BCUT2D eigenvalue weighted by Gasteiger charge is 2.07. The van der Waals surface area contributed by atoms with Gasteiger partial charge in [0.25, 0.3) is 0 Å². The molecule has 1 N–H and O–H groups in total. The van der Waals surface area contributed by atoms with Crippen LogP contribution in [0.15, 0.2) is 54.2 Å². The van der Waals surface area contributed by atoms with Gasteiger partial charge in [-0.3, -0.25) is 9.78 Å². The van der Waals surface area contributed by atoms with Gasteiger partial charge in [-0.15, -0.1) is 11.3 Å². The Morgan fingerprint density at radius 1 is 1.21 bits per heavy atom. The van der Waals surface area contributed by atoms with E-state index in [1.165, 1.54) is 0 Å². The lowest BCUT2D eigenvalue weighted by molar-refractivity contribution is -0.121. The number of aromatic nitrogens is 2. The molecule has 0 atom stereocenters. The van der Waals surface area contributed by atoms with E-state index in [1.807, 2.05) is 41.8 Å². The molecule has 2 aromatic heterocycles. The minimum Gasteiger partial charge on any atom is -0.352 e. The van der Waals surface area contributed by atoms with Gasteiger partial charge in [-0.1, -0.05) is 23.7 Å². The van der Waals surface area contributed by atoms with E-state index in [9.17, 15) is 4.79 Å². The first-order valence-corrected chi connectivity index (χ1v) is 8.82. The van der Waals surface area contributed by atoms with Gasteiger partial charge in [0, 0.05) is 47.7 Å². The number of aryl methyl sites for hydroxylation is 1. The lowest BCUT2D eigenvalue weighted by Gasteiger charge is -2.04. The van der Waals surface area contributed by atoms with Crippen LogP contribution >= 0.6 is 22.9 Å². The van der Waals surface area contributed by atoms with Crippen molar-refractivity contribution < 1.29 is 4.79 Å². The summed E-state index contributed by atoms with van der Waals surface area (Å²) in [4.78, 5) is 20.6. The zero-order chi connectivity index (χ0) is 16.8. The zero-order valence-electron chi connectivity index (χ0n) is 12.9. The van der Waals surface area contributed by atoms with Gasteiger partial charge >= 0.3 is 0 Å². The average molecular weight is 358 g/mol. The molecule has 6 heteroatoms. The van der Waals surface area contributed by atoms with Gasteiger partial charge < -0.3 is 5.32 Å². The molecule has 0 radical (unpaired) electrons. The van der Waals surface area contributed by atoms with Crippen molar-refractivity contribution in [2.24, 2.45) is 0 Å². The quantitative estimate of drug-likeness (QED) is 0.722. The number of nitrogens with one attached hydrogen (secondary N) is 1. The van der Waals surface area contributed by atoms with E-state index in [1.54, 1.807) is 23.7 Å². The summed E-state index contributed by atoms with van der Waals surface area (Å²) in [6, 6.07) is 11.3. The Labute approximate surface area is 149 Å². The second-order valence-corrected chi connectivity index (χ2v) is 6.65. The fourth-order valence-electron chi connectivity index (χ4n) is 2.18. The van der Waals surface area contributed by atoms with Gasteiger partial charge in [-0.05, 0) is 29.8 Å². The molecule has 3 aromatic rings. The Balaban J connectivity index is 1.48. The monoisotopic (exact) mass is 357 g/mol. The maximum Gasteiger partial charge on any atom is 0.220 e. The Bertz CT molecular complexity index is 803. The summed E-state index contributed by atoms with van der Waals surface area (Å²) in [5.41, 5.74) is 2.93. The molecular formula is C18H16ClN3OS. The fraction of sp³-hybridized carbons (Fsp3) is 0.167. The second kappa shape index (κ2) is 8.04. The van der Waals surface area contributed by atoms with Gasteiger partial charge in [-0.2, -0.15) is 0 Å². The largest absolute Gasteiger partial charge is 0.352 e. The first-order valence-electron chi connectivity index (χ1n) is 7.56. The van der Waals surface area contributed by atoms with E-state index in [4.69, 9.17) is 11.6 Å². The summed E-state index contributed by atoms with van der Waals surface area (Å²) < 4.78 is 0. The van der Waals surface area contributed by atoms with Crippen molar-refractivity contribution in [3.05, 3.63) is 69.8 Å². The summed E-state index contributed by atoms with van der Waals surface area (Å²) in [6.45, 7) is 0.509. The van der Waals surface area contributed by atoms with Crippen LogP contribution in [0.2, 0.25) is 5.02 Å². The maximum absolute atomic E-state index is 12.0. The van der Waals surface area contributed by atoms with Gasteiger partial charge in [0.05, 0.1) is 10.7 Å². The third-order valence-electron chi connectivity index (χ3n) is 3.48. The topological polar surface area (TPSA) is 54.9 Å². The zero-order valence-corrected chi connectivity index (χ0v) is 14.5. The maximum atomic E-state index is 12.0. The minimum atomic E-state index is 0.0167. The van der Waals surface area contributed by atoms with Crippen molar-refractivity contribution in [3.63, 3.8) is 0 Å². The van der Waals surface area contributed by atoms with Crippen molar-refractivity contribution in [2.75, 3.05) is 0 Å². The Kier molecular flexibility index (Phi) is 5.56. The number of amides is 1. The molecule has 0 aliphatic rings. The first kappa shape index (κ1) is 16.6. The predicted octanol–water partition coefficient (Wildman–Crippen LogP) is 4.11. The van der Waals surface area contributed by atoms with E-state index in [2.05, 4.69) is 15.3 Å². The molecule has 3 rings (SSSR count). The number of nitrogens with zero attached hydrogens (tertiary/aromatic N) is 2. The number of hydrogen-bond acceptors (Lipinski definition) is 4. The fourth-order valence-corrected chi connectivity index (χ4v) is 3.12. The minimum absolute atomic E-state index is 0.0167. The second-order valence-electron chi connectivity index (χ2n) is 5.27. The third-order valence-corrected chi connectivity index (χ3v) is 4.64. The third kappa shape index (κ3) is 4.63. The first-order chi connectivity index (χ1) is 11.7. The number of carbonyl (C=O) groups excluding carboxylic acids is 1. The van der Waals surface area contributed by atoms with Crippen LogP contribution in [0, 0.1) is 0 Å². The van der Waals surface area contributed by atoms with E-state index in [0.717, 1.165) is 21.8 Å². The summed E-state index contributed by atoms with van der Waals surface area (Å²) in [5.74, 6) is 0.0167. The van der Waals surface area contributed by atoms with Crippen LogP contribution in [0.4, 0.5) is 0 Å². The number of pyridine rings is 1. The normalized spacial score (nSPS) is 10.5. The summed E-state index contributed by atoms with van der Waals surface area (Å²) >= 11 is 7.41. The van der Waals surface area contributed by atoms with Crippen LogP contribution in [0.25, 0.3) is 11.3 Å². The number of carbonyl (C=O) groups is 1. The molecule has 0 spiro atoms. The standard InChI is InChI=1S/C18H16ClN3OS/c19-15-5-3-13(4-6-15)10-21-17(23)7-8-18-22-16(12-24-18)14-2-1-9-20-11-14/h1-6,9,11-12H,7-8,10H2,(H,21,23). The van der Waals surface area contributed by atoms with Gasteiger partial charge in [0.15, 0.2) is 0 Å². The molecule has 0 aliphatic heterocycles. The average Bonchev–Trinajstić information content (AvgIpc) is 3.09. The molecule has 4 nitrogen and oxygen atoms in total. The molecule has 0 fully saturated rings. The highest BCUT2D eigenvalue weighted by molar-refractivity contribution is 7.09. The number of thiazole rings is 1. The van der Waals surface area contributed by atoms with E-state index < -0.39 is 0 Å². The lowest BCUT2D eigenvalue weighted by Crippen LogP contribution is -2.22. The van der Waals surface area contributed by atoms with Crippen molar-refractivity contribution >= 4 is 28.8 Å². The highest BCUT2D eigenvalue weighted by atomic mass is 35.5. The van der Waals surface area contributed by atoms with Crippen molar-refractivity contribution in [1.29, 1.82) is 0 Å². The molecule has 0 aliphatic carbocycles. The van der Waals surface area contributed by atoms with Gasteiger partial charge in [0.2, 0.25) is 5.91 Å². The molecule has 122 valence electrons. The summed E-state index contributed by atoms with van der Waals surface area (Å²) in [6.07, 6.45) is 4.59. The van der Waals surface area contributed by atoms with E-state index >= 15 is 0 Å². The molecular weight excluding hydrogens is 342 g/mol. The van der Waals surface area contributed by atoms with Crippen LogP contribution in [0.1, 0.15) is 17.0 Å². The van der Waals surface area contributed by atoms with E-state index in [0.29, 0.717) is 24.4 Å². The Morgan fingerprint density at radius 2 is 2.04 bits per heavy atom. The van der Waals surface area contributed by atoms with Crippen LogP contribution in [0.5, 0.6) is 0 Å². The number of hydrogen-bond donors (Lipinski definition) is 1. The molecule has 2 heterocycles. The molecule has 24 heavy (non-hydrogen) atoms. The summed E-state index contributed by atoms with van der Waals surface area (Å²) in [5, 5.41) is 6.56. The SMILES string of the molecule is O=C(CCc1nc(-c2cccnc2)cs1)NCc1ccc(Cl)cc1. The van der Waals surface area contributed by atoms with Crippen LogP contribution < -0.4 is 5.32 Å². The van der Waals surface area contributed by atoms with Crippen LogP contribution in [-0.4, -0.2) is 15.9 Å². The number of benzene rings is 1. The molecule has 0 bridgehead atoms. The molecule has 1 aromatic carbocycles. The molecule has 0 unspecified atom stereocenters. The van der Waals surface area contributed by atoms with Crippen molar-refractivity contribution in [3.8, 4) is 11.3 Å². The van der Waals surface area contributed by atoms with Gasteiger partial charge in [0.1, 0.15) is 0 Å². The van der Waals surface area contributed by atoms with Crippen LogP contribution in [-0.2, 0) is 17.8 Å². The number of rotatable bonds is 6. The molecule has 1 amide bonds. The number of halogens is 1. The predicted molar refractivity (Wildman–Crippen MR) is 97.0 cm³/mol. The Morgan fingerprint density at radius 3 is 2.79 bits per heavy atom. The Hall–Kier alpha value is -2.24. The molecule has 0 saturated heterocycles. The van der Waals surface area contributed by atoms with Crippen molar-refractivity contribution in [1.82, 2.24) is 15.3 Å². The van der Waals surface area contributed by atoms with Crippen molar-refractivity contribution in [2.45, 2.75) is 19.4 Å². The lowest BCUT2D eigenvalue weighted by atomic mass is 10.2.